The molecule has 1 aromatic rings. The molecule has 20 heavy (non-hydrogen) atoms. The molecule has 0 saturated heterocycles. The predicted molar refractivity (Wildman–Crippen MR) is 83.3 cm³/mol. The van der Waals surface area contributed by atoms with Crippen LogP contribution in [-0.4, -0.2) is 43.8 Å². The molecule has 6 nitrogen and oxygen atoms in total. The highest BCUT2D eigenvalue weighted by Gasteiger charge is 2.27. The van der Waals surface area contributed by atoms with Crippen LogP contribution in [0.25, 0.3) is 0 Å². The smallest absolute Gasteiger partial charge is 0.253 e. The maximum atomic E-state index is 12.5. The minimum absolute atomic E-state index is 0.137. The van der Waals surface area contributed by atoms with Gasteiger partial charge in [-0.15, -0.1) is 11.3 Å². The van der Waals surface area contributed by atoms with Crippen molar-refractivity contribution in [3.8, 4) is 0 Å². The van der Waals surface area contributed by atoms with Crippen LogP contribution in [0.3, 0.4) is 0 Å². The molecule has 0 aliphatic rings. The van der Waals surface area contributed by atoms with Crippen LogP contribution in [0, 0.1) is 0 Å². The third kappa shape index (κ3) is 3.98. The molecule has 0 atom stereocenters. The Morgan fingerprint density at radius 1 is 1.50 bits per heavy atom. The van der Waals surface area contributed by atoms with E-state index in [-0.39, 0.29) is 28.2 Å². The zero-order valence-corrected chi connectivity index (χ0v) is 13.7. The van der Waals surface area contributed by atoms with Gasteiger partial charge >= 0.3 is 0 Å². The van der Waals surface area contributed by atoms with Crippen molar-refractivity contribution in [3.63, 3.8) is 0 Å². The number of nitrogens with zero attached hydrogens (tertiary/aromatic N) is 1. The Kier molecular flexibility index (Phi) is 6.06. The fourth-order valence-electron chi connectivity index (χ4n) is 1.49. The average molecular weight is 335 g/mol. The Balaban J connectivity index is 3.08. The molecule has 3 N–H and O–H groups in total. The Bertz CT molecular complexity index is 595. The zero-order chi connectivity index (χ0) is 15.3. The van der Waals surface area contributed by atoms with Crippen LogP contribution in [0.1, 0.15) is 18.2 Å². The second-order valence-corrected chi connectivity index (χ2v) is 7.68. The summed E-state index contributed by atoms with van der Waals surface area (Å²) in [5, 5.41) is 2.42. The fraction of sp³-hybridized carbons (Fsp3) is 0.455. The van der Waals surface area contributed by atoms with Crippen molar-refractivity contribution in [2.45, 2.75) is 17.6 Å². The van der Waals surface area contributed by atoms with Gasteiger partial charge in [-0.2, -0.15) is 4.31 Å². The number of hydrogen-bond donors (Lipinski definition) is 2. The van der Waals surface area contributed by atoms with E-state index in [0.29, 0.717) is 11.3 Å². The highest BCUT2D eigenvalue weighted by Crippen LogP contribution is 2.25. The van der Waals surface area contributed by atoms with Crippen molar-refractivity contribution in [3.05, 3.63) is 17.0 Å². The predicted octanol–water partition coefficient (Wildman–Crippen LogP) is 0.529. The normalized spacial score (nSPS) is 11.6. The first-order chi connectivity index (χ1) is 9.32. The second kappa shape index (κ2) is 7.11. The number of likely N-dealkylation sites (N-methyl/N-ethyl adjacent to an activating group) is 1. The van der Waals surface area contributed by atoms with Crippen LogP contribution < -0.4 is 11.1 Å². The van der Waals surface area contributed by atoms with Gasteiger partial charge in [-0.1, -0.05) is 19.1 Å². The molecule has 0 radical (unpaired) electrons. The number of amides is 1. The van der Waals surface area contributed by atoms with Gasteiger partial charge in [0.25, 0.3) is 10.0 Å². The lowest BCUT2D eigenvalue weighted by Crippen LogP contribution is -2.39. The molecular formula is C11H17N3O3S3. The highest BCUT2D eigenvalue weighted by atomic mass is 32.2. The van der Waals surface area contributed by atoms with Gasteiger partial charge in [-0.3, -0.25) is 4.79 Å². The summed E-state index contributed by atoms with van der Waals surface area (Å²) in [5.41, 5.74) is 5.48. The molecule has 0 bridgehead atoms. The summed E-state index contributed by atoms with van der Waals surface area (Å²) >= 11 is 5.83. The van der Waals surface area contributed by atoms with Crippen molar-refractivity contribution in [1.29, 1.82) is 0 Å². The van der Waals surface area contributed by atoms with E-state index in [0.717, 1.165) is 15.6 Å². The van der Waals surface area contributed by atoms with Crippen LogP contribution in [0.15, 0.2) is 16.3 Å². The molecule has 0 spiro atoms. The summed E-state index contributed by atoms with van der Waals surface area (Å²) in [6.07, 6.45) is 0.615. The lowest BCUT2D eigenvalue weighted by atomic mass is 10.4. The number of rotatable bonds is 7. The quantitative estimate of drug-likeness (QED) is 0.709. The summed E-state index contributed by atoms with van der Waals surface area (Å²) < 4.78 is 26.3. The number of sulfonamides is 1. The molecule has 0 saturated carbocycles. The SMILES string of the molecule is CCCN(CC(=O)NC)S(=O)(=O)c1ccc(C(N)=S)s1. The maximum absolute atomic E-state index is 12.5. The van der Waals surface area contributed by atoms with Gasteiger partial charge < -0.3 is 11.1 Å². The van der Waals surface area contributed by atoms with E-state index >= 15 is 0 Å². The molecule has 1 amide bonds. The molecule has 1 aromatic heterocycles. The molecule has 1 heterocycles. The molecule has 112 valence electrons. The number of carbonyl (C=O) groups is 1. The molecular weight excluding hydrogens is 318 g/mol. The van der Waals surface area contributed by atoms with Crippen molar-refractivity contribution < 1.29 is 13.2 Å². The van der Waals surface area contributed by atoms with Crippen molar-refractivity contribution >= 4 is 44.5 Å². The Labute approximate surface area is 128 Å². The lowest BCUT2D eigenvalue weighted by Gasteiger charge is -2.19. The molecule has 0 aliphatic carbocycles. The number of nitrogens with one attached hydrogen (secondary N) is 1. The summed E-state index contributed by atoms with van der Waals surface area (Å²) in [5.74, 6) is -0.354. The lowest BCUT2D eigenvalue weighted by molar-refractivity contribution is -0.120. The monoisotopic (exact) mass is 335 g/mol. The maximum Gasteiger partial charge on any atom is 0.253 e. The third-order valence-electron chi connectivity index (χ3n) is 2.49. The first kappa shape index (κ1) is 17.0. The summed E-state index contributed by atoms with van der Waals surface area (Å²) in [6.45, 7) is 1.92. The average Bonchev–Trinajstić information content (AvgIpc) is 2.88. The molecule has 0 fully saturated rings. The minimum atomic E-state index is -3.71. The van der Waals surface area contributed by atoms with Gasteiger partial charge in [-0.25, -0.2) is 8.42 Å². The van der Waals surface area contributed by atoms with E-state index in [1.807, 2.05) is 6.92 Å². The molecule has 0 unspecified atom stereocenters. The van der Waals surface area contributed by atoms with Crippen LogP contribution in [0.2, 0.25) is 0 Å². The fourth-order valence-corrected chi connectivity index (χ4v) is 4.49. The van der Waals surface area contributed by atoms with Crippen LogP contribution in [0.5, 0.6) is 0 Å². The molecule has 1 rings (SSSR count). The van der Waals surface area contributed by atoms with Gasteiger partial charge in [0.1, 0.15) is 9.20 Å². The first-order valence-electron chi connectivity index (χ1n) is 5.93. The Morgan fingerprint density at radius 3 is 2.60 bits per heavy atom. The largest absolute Gasteiger partial charge is 0.389 e. The third-order valence-corrected chi connectivity index (χ3v) is 6.27. The van der Waals surface area contributed by atoms with E-state index in [1.165, 1.54) is 13.1 Å². The second-order valence-electron chi connectivity index (χ2n) is 3.99. The van der Waals surface area contributed by atoms with E-state index in [2.05, 4.69) is 5.32 Å². The molecule has 0 aromatic carbocycles. The molecule has 0 aliphatic heterocycles. The zero-order valence-electron chi connectivity index (χ0n) is 11.3. The first-order valence-corrected chi connectivity index (χ1v) is 8.59. The number of thiocarbonyl (C=S) groups is 1. The van der Waals surface area contributed by atoms with Crippen LogP contribution >= 0.6 is 23.6 Å². The van der Waals surface area contributed by atoms with E-state index in [9.17, 15) is 13.2 Å². The van der Waals surface area contributed by atoms with Crippen LogP contribution in [0.4, 0.5) is 0 Å². The number of nitrogens with two attached hydrogens (primary N) is 1. The number of carbonyl (C=O) groups excluding carboxylic acids is 1. The van der Waals surface area contributed by atoms with E-state index in [1.54, 1.807) is 6.07 Å². The number of thiophene rings is 1. The van der Waals surface area contributed by atoms with Gasteiger partial charge in [0.15, 0.2) is 0 Å². The van der Waals surface area contributed by atoms with E-state index in [4.69, 9.17) is 18.0 Å². The van der Waals surface area contributed by atoms with Gasteiger partial charge in [0, 0.05) is 13.6 Å². The van der Waals surface area contributed by atoms with Crippen molar-refractivity contribution in [2.75, 3.05) is 20.1 Å². The van der Waals surface area contributed by atoms with Gasteiger partial charge in [-0.05, 0) is 18.6 Å². The summed E-state index contributed by atoms with van der Waals surface area (Å²) in [7, 11) is -2.24. The Hall–Kier alpha value is -1.03. The van der Waals surface area contributed by atoms with Crippen molar-refractivity contribution in [2.24, 2.45) is 5.73 Å². The number of hydrogen-bond acceptors (Lipinski definition) is 5. The van der Waals surface area contributed by atoms with Crippen molar-refractivity contribution in [1.82, 2.24) is 9.62 Å². The minimum Gasteiger partial charge on any atom is -0.389 e. The highest BCUT2D eigenvalue weighted by molar-refractivity contribution is 7.91. The summed E-state index contributed by atoms with van der Waals surface area (Å²) in [4.78, 5) is 12.1. The van der Waals surface area contributed by atoms with Gasteiger partial charge in [0.2, 0.25) is 5.91 Å². The van der Waals surface area contributed by atoms with Gasteiger partial charge in [0.05, 0.1) is 11.4 Å². The van der Waals surface area contributed by atoms with E-state index < -0.39 is 10.0 Å². The van der Waals surface area contributed by atoms with Crippen LogP contribution in [-0.2, 0) is 14.8 Å². The Morgan fingerprint density at radius 2 is 2.15 bits per heavy atom. The molecule has 9 heteroatoms. The standard InChI is InChI=1S/C11H17N3O3S3/c1-3-6-14(7-9(15)13-2)20(16,17)10-5-4-8(19-10)11(12)18/h4-5H,3,6-7H2,1-2H3,(H2,12,18)(H,13,15). The summed E-state index contributed by atoms with van der Waals surface area (Å²) in [6, 6.07) is 3.03. The topological polar surface area (TPSA) is 92.5 Å².